The molecule has 132 valence electrons. The van der Waals surface area contributed by atoms with Gasteiger partial charge in [0.15, 0.2) is 0 Å². The lowest BCUT2D eigenvalue weighted by atomic mass is 10.1. The van der Waals surface area contributed by atoms with Crippen LogP contribution in [0.1, 0.15) is 30.9 Å². The first-order chi connectivity index (χ1) is 11.2. The number of hydrogen-bond acceptors (Lipinski definition) is 4. The number of anilines is 1. The quantitative estimate of drug-likeness (QED) is 0.883. The summed E-state index contributed by atoms with van der Waals surface area (Å²) >= 11 is 0. The van der Waals surface area contributed by atoms with Crippen molar-refractivity contribution in [3.63, 3.8) is 0 Å². The number of benzene rings is 1. The Bertz CT molecular complexity index is 604. The highest BCUT2D eigenvalue weighted by molar-refractivity contribution is 5.79. The van der Waals surface area contributed by atoms with E-state index in [1.165, 1.54) is 6.07 Å². The molecule has 1 aliphatic rings. The SMILES string of the molecule is CNC(C)C(N)=O.N#Cc1cc(C(F)(F)F)ccc1N1CCCC1. The molecule has 0 spiro atoms. The summed E-state index contributed by atoms with van der Waals surface area (Å²) in [6.07, 6.45) is -2.35. The van der Waals surface area contributed by atoms with Crippen molar-refractivity contribution in [2.24, 2.45) is 5.73 Å². The van der Waals surface area contributed by atoms with Crippen molar-refractivity contribution in [2.45, 2.75) is 32.0 Å². The van der Waals surface area contributed by atoms with Crippen molar-refractivity contribution >= 4 is 11.6 Å². The van der Waals surface area contributed by atoms with Crippen molar-refractivity contribution in [3.8, 4) is 6.07 Å². The maximum atomic E-state index is 12.5. The molecule has 1 aliphatic heterocycles. The first-order valence-corrected chi connectivity index (χ1v) is 7.53. The lowest BCUT2D eigenvalue weighted by molar-refractivity contribution is -0.137. The van der Waals surface area contributed by atoms with Gasteiger partial charge in [-0.3, -0.25) is 4.79 Å². The fourth-order valence-electron chi connectivity index (χ4n) is 2.18. The smallest absolute Gasteiger partial charge is 0.370 e. The molecule has 1 fully saturated rings. The van der Waals surface area contributed by atoms with Gasteiger partial charge in [0, 0.05) is 13.1 Å². The van der Waals surface area contributed by atoms with Crippen molar-refractivity contribution in [3.05, 3.63) is 29.3 Å². The minimum atomic E-state index is -4.39. The van der Waals surface area contributed by atoms with E-state index in [2.05, 4.69) is 5.32 Å². The lowest BCUT2D eigenvalue weighted by Gasteiger charge is -2.19. The van der Waals surface area contributed by atoms with E-state index in [9.17, 15) is 18.0 Å². The van der Waals surface area contributed by atoms with Gasteiger partial charge in [0.1, 0.15) is 6.07 Å². The molecule has 0 radical (unpaired) electrons. The van der Waals surface area contributed by atoms with Crippen LogP contribution in [0.4, 0.5) is 18.9 Å². The van der Waals surface area contributed by atoms with Crippen LogP contribution in [0, 0.1) is 11.3 Å². The number of likely N-dealkylation sites (N-methyl/N-ethyl adjacent to an activating group) is 1. The van der Waals surface area contributed by atoms with E-state index in [-0.39, 0.29) is 17.5 Å². The monoisotopic (exact) mass is 342 g/mol. The number of nitriles is 1. The molecule has 0 saturated carbocycles. The number of carbonyl (C=O) groups excluding carboxylic acids is 1. The van der Waals surface area contributed by atoms with E-state index in [0.717, 1.165) is 38.1 Å². The van der Waals surface area contributed by atoms with Crippen LogP contribution in [0.15, 0.2) is 18.2 Å². The first-order valence-electron chi connectivity index (χ1n) is 7.53. The number of carbonyl (C=O) groups is 1. The molecule has 3 N–H and O–H groups in total. The third kappa shape index (κ3) is 5.42. The second-order valence-electron chi connectivity index (χ2n) is 5.45. The standard InChI is InChI=1S/C12H11F3N2.C4H10N2O/c13-12(14,15)10-3-4-11(9(7-10)8-16)17-5-1-2-6-17;1-3(6-2)4(5)7/h3-4,7H,1-2,5-6H2;3,6H,1-2H3,(H2,5,7). The predicted octanol–water partition coefficient (Wildman–Crippen LogP) is 2.26. The Kier molecular flexibility index (Phi) is 7.04. The second kappa shape index (κ2) is 8.55. The summed E-state index contributed by atoms with van der Waals surface area (Å²) < 4.78 is 37.5. The van der Waals surface area contributed by atoms with E-state index in [1.807, 2.05) is 11.0 Å². The van der Waals surface area contributed by atoms with Crippen LogP contribution in [0.25, 0.3) is 0 Å². The molecular formula is C16H21F3N4O. The summed E-state index contributed by atoms with van der Waals surface area (Å²) in [5.41, 5.74) is 4.79. The fraction of sp³-hybridized carbons (Fsp3) is 0.500. The highest BCUT2D eigenvalue weighted by Gasteiger charge is 2.31. The van der Waals surface area contributed by atoms with Gasteiger partial charge in [0.25, 0.3) is 0 Å². The molecule has 1 aromatic rings. The molecule has 0 aromatic heterocycles. The van der Waals surface area contributed by atoms with E-state index < -0.39 is 11.7 Å². The van der Waals surface area contributed by atoms with Gasteiger partial charge in [-0.1, -0.05) is 0 Å². The van der Waals surface area contributed by atoms with Crippen LogP contribution in [0.3, 0.4) is 0 Å². The van der Waals surface area contributed by atoms with Crippen LogP contribution < -0.4 is 16.0 Å². The number of halogens is 3. The molecule has 1 saturated heterocycles. The first kappa shape index (κ1) is 19.8. The highest BCUT2D eigenvalue weighted by Crippen LogP contribution is 2.33. The van der Waals surface area contributed by atoms with Crippen molar-refractivity contribution in [2.75, 3.05) is 25.0 Å². The van der Waals surface area contributed by atoms with Gasteiger partial charge in [-0.05, 0) is 45.0 Å². The third-order valence-corrected chi connectivity index (χ3v) is 3.75. The zero-order valence-corrected chi connectivity index (χ0v) is 13.7. The minimum Gasteiger partial charge on any atom is -0.370 e. The normalized spacial score (nSPS) is 15.2. The Labute approximate surface area is 139 Å². The molecule has 0 aliphatic carbocycles. The van der Waals surface area contributed by atoms with E-state index in [0.29, 0.717) is 5.69 Å². The van der Waals surface area contributed by atoms with Gasteiger partial charge in [-0.25, -0.2) is 0 Å². The molecule has 1 atom stereocenters. The number of nitrogens with two attached hydrogens (primary N) is 1. The van der Waals surface area contributed by atoms with Crippen molar-refractivity contribution in [1.29, 1.82) is 5.26 Å². The van der Waals surface area contributed by atoms with Crippen LogP contribution in [-0.4, -0.2) is 32.1 Å². The molecule has 24 heavy (non-hydrogen) atoms. The summed E-state index contributed by atoms with van der Waals surface area (Å²) in [7, 11) is 1.69. The molecule has 1 heterocycles. The zero-order chi connectivity index (χ0) is 18.3. The summed E-state index contributed by atoms with van der Waals surface area (Å²) in [6, 6.07) is 4.99. The molecule has 1 aromatic carbocycles. The van der Waals surface area contributed by atoms with E-state index >= 15 is 0 Å². The Morgan fingerprint density at radius 3 is 2.33 bits per heavy atom. The Morgan fingerprint density at radius 2 is 1.96 bits per heavy atom. The number of nitrogens with one attached hydrogen (secondary N) is 1. The van der Waals surface area contributed by atoms with Gasteiger partial charge >= 0.3 is 6.18 Å². The minimum absolute atomic E-state index is 0.0988. The van der Waals surface area contributed by atoms with Crippen LogP contribution in [-0.2, 0) is 11.0 Å². The predicted molar refractivity (Wildman–Crippen MR) is 85.3 cm³/mol. The number of hydrogen-bond donors (Lipinski definition) is 2. The molecular weight excluding hydrogens is 321 g/mol. The highest BCUT2D eigenvalue weighted by atomic mass is 19.4. The third-order valence-electron chi connectivity index (χ3n) is 3.75. The van der Waals surface area contributed by atoms with Gasteiger partial charge in [-0.2, -0.15) is 18.4 Å². The Balaban J connectivity index is 0.000000351. The maximum Gasteiger partial charge on any atom is 0.416 e. The number of amides is 1. The van der Waals surface area contributed by atoms with Crippen molar-refractivity contribution in [1.82, 2.24) is 5.32 Å². The van der Waals surface area contributed by atoms with Gasteiger partial charge in [-0.15, -0.1) is 0 Å². The average molecular weight is 342 g/mol. The fourth-order valence-corrected chi connectivity index (χ4v) is 2.18. The van der Waals surface area contributed by atoms with Crippen LogP contribution in [0.2, 0.25) is 0 Å². The van der Waals surface area contributed by atoms with Crippen LogP contribution in [0.5, 0.6) is 0 Å². The summed E-state index contributed by atoms with van der Waals surface area (Å²) in [5, 5.41) is 11.6. The zero-order valence-electron chi connectivity index (χ0n) is 13.7. The van der Waals surface area contributed by atoms with Crippen molar-refractivity contribution < 1.29 is 18.0 Å². The largest absolute Gasteiger partial charge is 0.416 e. The molecule has 2 rings (SSSR count). The molecule has 8 heteroatoms. The second-order valence-corrected chi connectivity index (χ2v) is 5.45. The van der Waals surface area contributed by atoms with E-state index in [4.69, 9.17) is 11.0 Å². The molecule has 5 nitrogen and oxygen atoms in total. The maximum absolute atomic E-state index is 12.5. The average Bonchev–Trinajstić information content (AvgIpc) is 3.07. The number of nitrogens with zero attached hydrogens (tertiary/aromatic N) is 2. The van der Waals surface area contributed by atoms with Gasteiger partial charge in [0.2, 0.25) is 5.91 Å². The molecule has 1 unspecified atom stereocenters. The molecule has 1 amide bonds. The topological polar surface area (TPSA) is 82.1 Å². The Morgan fingerprint density at radius 1 is 1.38 bits per heavy atom. The van der Waals surface area contributed by atoms with Gasteiger partial charge < -0.3 is 16.0 Å². The lowest BCUT2D eigenvalue weighted by Crippen LogP contribution is -2.36. The Hall–Kier alpha value is -2.27. The number of alkyl halides is 3. The van der Waals surface area contributed by atoms with Crippen LogP contribution >= 0.6 is 0 Å². The number of rotatable bonds is 3. The van der Waals surface area contributed by atoms with E-state index in [1.54, 1.807) is 14.0 Å². The summed E-state index contributed by atoms with van der Waals surface area (Å²) in [6.45, 7) is 3.32. The molecule has 0 bridgehead atoms. The summed E-state index contributed by atoms with van der Waals surface area (Å²) in [5.74, 6) is -0.317. The number of primary amides is 1. The summed E-state index contributed by atoms with van der Waals surface area (Å²) in [4.78, 5) is 12.0. The van der Waals surface area contributed by atoms with Gasteiger partial charge in [0.05, 0.1) is 22.9 Å².